The van der Waals surface area contributed by atoms with E-state index >= 15 is 0 Å². The van der Waals surface area contributed by atoms with Gasteiger partial charge in [-0.15, -0.1) is 0 Å². The second-order valence-electron chi connectivity index (χ2n) is 2.81. The maximum Gasteiger partial charge on any atom is 0.133 e. The van der Waals surface area contributed by atoms with Gasteiger partial charge in [0.05, 0.1) is 10.2 Å². The van der Waals surface area contributed by atoms with Gasteiger partial charge in [-0.1, -0.05) is 12.1 Å². The molecule has 1 unspecified atom stereocenters. The molecule has 13 heavy (non-hydrogen) atoms. The lowest BCUT2D eigenvalue weighted by atomic mass is 10.3. The fourth-order valence-electron chi connectivity index (χ4n) is 1.03. The first-order chi connectivity index (χ1) is 6.24. The van der Waals surface area contributed by atoms with Crippen LogP contribution in [0.25, 0.3) is 0 Å². The van der Waals surface area contributed by atoms with Crippen LogP contribution in [0.1, 0.15) is 6.92 Å². The summed E-state index contributed by atoms with van der Waals surface area (Å²) in [5, 5.41) is 0. The Morgan fingerprint density at radius 2 is 2.08 bits per heavy atom. The summed E-state index contributed by atoms with van der Waals surface area (Å²) >= 11 is 2.26. The first-order valence-corrected chi connectivity index (χ1v) is 5.22. The zero-order chi connectivity index (χ0) is 9.68. The van der Waals surface area contributed by atoms with Gasteiger partial charge < -0.3 is 9.47 Å². The lowest BCUT2D eigenvalue weighted by Gasteiger charge is -2.14. The van der Waals surface area contributed by atoms with Crippen LogP contribution in [0.4, 0.5) is 0 Å². The molecule has 0 aliphatic heterocycles. The number of hydrogen-bond donors (Lipinski definition) is 0. The first kappa shape index (κ1) is 10.8. The minimum absolute atomic E-state index is 0.0981. The van der Waals surface area contributed by atoms with Crippen LogP contribution in [0.2, 0.25) is 0 Å². The molecule has 0 fully saturated rings. The van der Waals surface area contributed by atoms with E-state index in [2.05, 4.69) is 22.6 Å². The highest BCUT2D eigenvalue weighted by Crippen LogP contribution is 2.20. The van der Waals surface area contributed by atoms with Crippen LogP contribution in [0.5, 0.6) is 5.75 Å². The second kappa shape index (κ2) is 5.44. The minimum atomic E-state index is 0.0981. The summed E-state index contributed by atoms with van der Waals surface area (Å²) in [4.78, 5) is 0. The average Bonchev–Trinajstić information content (AvgIpc) is 2.09. The van der Waals surface area contributed by atoms with E-state index in [1.54, 1.807) is 7.11 Å². The van der Waals surface area contributed by atoms with Gasteiger partial charge in [-0.3, -0.25) is 0 Å². The Morgan fingerprint density at radius 3 is 2.69 bits per heavy atom. The fraction of sp³-hybridized carbons (Fsp3) is 0.400. The quantitative estimate of drug-likeness (QED) is 0.794. The number of methoxy groups -OCH3 is 1. The van der Waals surface area contributed by atoms with Crippen molar-refractivity contribution in [2.75, 3.05) is 13.7 Å². The summed E-state index contributed by atoms with van der Waals surface area (Å²) in [6.07, 6.45) is 0.0981. The standard InChI is InChI=1S/C10H13IO2/c1-8(7-12-2)13-10-6-4-3-5-9(10)11/h3-6,8H,7H2,1-2H3. The van der Waals surface area contributed by atoms with Gasteiger partial charge in [-0.25, -0.2) is 0 Å². The number of hydrogen-bond acceptors (Lipinski definition) is 2. The summed E-state index contributed by atoms with van der Waals surface area (Å²) < 4.78 is 11.8. The SMILES string of the molecule is COCC(C)Oc1ccccc1I. The van der Waals surface area contributed by atoms with Crippen molar-refractivity contribution in [2.24, 2.45) is 0 Å². The molecule has 0 saturated heterocycles. The van der Waals surface area contributed by atoms with Gasteiger partial charge in [0.1, 0.15) is 11.9 Å². The van der Waals surface area contributed by atoms with Gasteiger partial charge in [-0.05, 0) is 41.6 Å². The van der Waals surface area contributed by atoms with Crippen molar-refractivity contribution in [1.29, 1.82) is 0 Å². The average molecular weight is 292 g/mol. The topological polar surface area (TPSA) is 18.5 Å². The molecule has 0 radical (unpaired) electrons. The van der Waals surface area contributed by atoms with Crippen molar-refractivity contribution < 1.29 is 9.47 Å². The Kier molecular flexibility index (Phi) is 4.52. The molecule has 1 rings (SSSR count). The van der Waals surface area contributed by atoms with E-state index in [1.165, 1.54) is 0 Å². The van der Waals surface area contributed by atoms with Gasteiger partial charge in [-0.2, -0.15) is 0 Å². The molecular weight excluding hydrogens is 279 g/mol. The third-order valence-electron chi connectivity index (χ3n) is 1.57. The predicted molar refractivity (Wildman–Crippen MR) is 61.1 cm³/mol. The molecule has 0 spiro atoms. The third kappa shape index (κ3) is 3.52. The number of rotatable bonds is 4. The van der Waals surface area contributed by atoms with E-state index in [0.717, 1.165) is 9.32 Å². The maximum absolute atomic E-state index is 5.65. The van der Waals surface area contributed by atoms with Crippen LogP contribution in [0.15, 0.2) is 24.3 Å². The van der Waals surface area contributed by atoms with Crippen LogP contribution in [0, 0.1) is 3.57 Å². The highest BCUT2D eigenvalue weighted by atomic mass is 127. The number of para-hydroxylation sites is 1. The smallest absolute Gasteiger partial charge is 0.133 e. The van der Waals surface area contributed by atoms with Crippen LogP contribution < -0.4 is 4.74 Å². The van der Waals surface area contributed by atoms with Crippen LogP contribution >= 0.6 is 22.6 Å². The number of halogens is 1. The Morgan fingerprint density at radius 1 is 1.38 bits per heavy atom. The predicted octanol–water partition coefficient (Wildman–Crippen LogP) is 2.70. The highest BCUT2D eigenvalue weighted by Gasteiger charge is 2.05. The fourth-order valence-corrected chi connectivity index (χ4v) is 1.54. The largest absolute Gasteiger partial charge is 0.487 e. The second-order valence-corrected chi connectivity index (χ2v) is 3.98. The zero-order valence-electron chi connectivity index (χ0n) is 7.79. The molecule has 3 heteroatoms. The molecule has 1 aromatic carbocycles. The van der Waals surface area contributed by atoms with E-state index in [4.69, 9.17) is 9.47 Å². The van der Waals surface area contributed by atoms with E-state index < -0.39 is 0 Å². The Bertz CT molecular complexity index is 263. The first-order valence-electron chi connectivity index (χ1n) is 4.14. The molecule has 1 atom stereocenters. The van der Waals surface area contributed by atoms with Gasteiger partial charge >= 0.3 is 0 Å². The molecule has 0 amide bonds. The lowest BCUT2D eigenvalue weighted by molar-refractivity contribution is 0.0915. The van der Waals surface area contributed by atoms with Gasteiger partial charge in [0.2, 0.25) is 0 Å². The molecule has 0 N–H and O–H groups in total. The Hall–Kier alpha value is -0.290. The van der Waals surface area contributed by atoms with Gasteiger partial charge in [0.25, 0.3) is 0 Å². The van der Waals surface area contributed by atoms with Crippen molar-refractivity contribution in [3.8, 4) is 5.75 Å². The zero-order valence-corrected chi connectivity index (χ0v) is 9.95. The van der Waals surface area contributed by atoms with Gasteiger partial charge in [0.15, 0.2) is 0 Å². The summed E-state index contributed by atoms with van der Waals surface area (Å²) in [7, 11) is 1.68. The van der Waals surface area contributed by atoms with E-state index in [-0.39, 0.29) is 6.10 Å². The molecule has 0 aromatic heterocycles. The summed E-state index contributed by atoms with van der Waals surface area (Å²) in [5.74, 6) is 0.924. The maximum atomic E-state index is 5.65. The highest BCUT2D eigenvalue weighted by molar-refractivity contribution is 14.1. The summed E-state index contributed by atoms with van der Waals surface area (Å²) in [5.41, 5.74) is 0. The van der Waals surface area contributed by atoms with Crippen molar-refractivity contribution in [2.45, 2.75) is 13.0 Å². The van der Waals surface area contributed by atoms with E-state index in [9.17, 15) is 0 Å². The minimum Gasteiger partial charge on any atom is -0.487 e. The van der Waals surface area contributed by atoms with Crippen LogP contribution in [-0.4, -0.2) is 19.8 Å². The molecular formula is C10H13IO2. The normalized spacial score (nSPS) is 12.5. The summed E-state index contributed by atoms with van der Waals surface area (Å²) in [6, 6.07) is 7.95. The van der Waals surface area contributed by atoms with Crippen LogP contribution in [-0.2, 0) is 4.74 Å². The monoisotopic (exact) mass is 292 g/mol. The summed E-state index contributed by atoms with van der Waals surface area (Å²) in [6.45, 7) is 2.61. The molecule has 72 valence electrons. The molecule has 0 bridgehead atoms. The molecule has 1 aromatic rings. The number of benzene rings is 1. The van der Waals surface area contributed by atoms with Crippen molar-refractivity contribution in [1.82, 2.24) is 0 Å². The van der Waals surface area contributed by atoms with E-state index in [0.29, 0.717) is 6.61 Å². The Balaban J connectivity index is 2.58. The lowest BCUT2D eigenvalue weighted by Crippen LogP contribution is -2.18. The number of ether oxygens (including phenoxy) is 2. The molecule has 0 aliphatic rings. The van der Waals surface area contributed by atoms with Gasteiger partial charge in [0, 0.05) is 7.11 Å². The van der Waals surface area contributed by atoms with Crippen molar-refractivity contribution >= 4 is 22.6 Å². The molecule has 0 saturated carbocycles. The Labute approximate surface area is 92.4 Å². The third-order valence-corrected chi connectivity index (χ3v) is 2.46. The van der Waals surface area contributed by atoms with E-state index in [1.807, 2.05) is 31.2 Å². The van der Waals surface area contributed by atoms with Crippen molar-refractivity contribution in [3.05, 3.63) is 27.8 Å². The molecule has 2 nitrogen and oxygen atoms in total. The molecule has 0 heterocycles. The molecule has 0 aliphatic carbocycles. The van der Waals surface area contributed by atoms with Crippen molar-refractivity contribution in [3.63, 3.8) is 0 Å². The van der Waals surface area contributed by atoms with Crippen LogP contribution in [0.3, 0.4) is 0 Å².